The lowest BCUT2D eigenvalue weighted by Gasteiger charge is -2.66. The molecule has 0 aromatic carbocycles. The van der Waals surface area contributed by atoms with E-state index in [1.807, 2.05) is 0 Å². The van der Waals surface area contributed by atoms with Gasteiger partial charge < -0.3 is 5.11 Å². The molecular formula is C29H46O. The number of hydrogen-bond donors (Lipinski definition) is 1. The first-order valence-corrected chi connectivity index (χ1v) is 13.0. The highest BCUT2D eigenvalue weighted by Crippen LogP contribution is 2.72. The van der Waals surface area contributed by atoms with Gasteiger partial charge in [-0.25, -0.2) is 0 Å². The Hall–Kier alpha value is -0.560. The van der Waals surface area contributed by atoms with Crippen LogP contribution in [0.3, 0.4) is 0 Å². The fourth-order valence-corrected chi connectivity index (χ4v) is 10.4. The van der Waals surface area contributed by atoms with Crippen molar-refractivity contribution in [2.75, 3.05) is 0 Å². The predicted octanol–water partition coefficient (Wildman–Crippen LogP) is 7.55. The van der Waals surface area contributed by atoms with Crippen molar-refractivity contribution in [2.45, 2.75) is 105 Å². The Morgan fingerprint density at radius 1 is 0.967 bits per heavy atom. The van der Waals surface area contributed by atoms with Crippen LogP contribution in [0.25, 0.3) is 0 Å². The van der Waals surface area contributed by atoms with E-state index < -0.39 is 0 Å². The molecule has 0 radical (unpaired) electrons. The van der Waals surface area contributed by atoms with Crippen molar-refractivity contribution in [3.05, 3.63) is 23.8 Å². The highest BCUT2D eigenvalue weighted by atomic mass is 16.3. The molecule has 1 nitrogen and oxygen atoms in total. The summed E-state index contributed by atoms with van der Waals surface area (Å²) >= 11 is 0. The Morgan fingerprint density at radius 3 is 2.37 bits per heavy atom. The van der Waals surface area contributed by atoms with E-state index >= 15 is 0 Å². The average molecular weight is 411 g/mol. The number of rotatable bonds is 1. The molecule has 5 aliphatic carbocycles. The van der Waals surface area contributed by atoms with Crippen LogP contribution in [-0.4, -0.2) is 11.2 Å². The van der Waals surface area contributed by atoms with E-state index in [1.165, 1.54) is 56.9 Å². The van der Waals surface area contributed by atoms with Crippen LogP contribution in [-0.2, 0) is 0 Å². The molecule has 0 aromatic heterocycles. The van der Waals surface area contributed by atoms with Crippen molar-refractivity contribution in [1.82, 2.24) is 0 Å². The number of fused-ring (bicyclic) bond motifs is 7. The van der Waals surface area contributed by atoms with Crippen molar-refractivity contribution in [3.8, 4) is 0 Å². The monoisotopic (exact) mass is 410 g/mol. The van der Waals surface area contributed by atoms with Gasteiger partial charge >= 0.3 is 0 Å². The van der Waals surface area contributed by atoms with E-state index in [-0.39, 0.29) is 16.9 Å². The second-order valence-electron chi connectivity index (χ2n) is 13.6. The Balaban J connectivity index is 1.53. The summed E-state index contributed by atoms with van der Waals surface area (Å²) in [5, 5.41) is 10.8. The lowest BCUT2D eigenvalue weighted by molar-refractivity contribution is -0.139. The molecule has 0 aromatic rings. The molecule has 0 unspecified atom stereocenters. The maximum atomic E-state index is 10.8. The van der Waals surface area contributed by atoms with E-state index in [9.17, 15) is 5.11 Å². The van der Waals surface area contributed by atoms with Gasteiger partial charge in [0.2, 0.25) is 0 Å². The fourth-order valence-electron chi connectivity index (χ4n) is 10.4. The first-order valence-electron chi connectivity index (χ1n) is 13.0. The van der Waals surface area contributed by atoms with Crippen LogP contribution in [0.5, 0.6) is 0 Å². The second kappa shape index (κ2) is 6.49. The van der Waals surface area contributed by atoms with Crippen molar-refractivity contribution in [1.29, 1.82) is 0 Å². The summed E-state index contributed by atoms with van der Waals surface area (Å²) in [6.45, 7) is 19.2. The van der Waals surface area contributed by atoms with Crippen molar-refractivity contribution in [3.63, 3.8) is 0 Å². The van der Waals surface area contributed by atoms with E-state index in [4.69, 9.17) is 0 Å². The molecule has 4 saturated carbocycles. The molecule has 1 N–H and O–H groups in total. The molecule has 30 heavy (non-hydrogen) atoms. The Labute approximate surface area is 185 Å². The molecule has 0 spiro atoms. The molecule has 9 atom stereocenters. The van der Waals surface area contributed by atoms with Crippen LogP contribution in [0.15, 0.2) is 23.8 Å². The van der Waals surface area contributed by atoms with Crippen molar-refractivity contribution >= 4 is 0 Å². The van der Waals surface area contributed by atoms with E-state index in [0.717, 1.165) is 36.0 Å². The first-order chi connectivity index (χ1) is 13.9. The van der Waals surface area contributed by atoms with E-state index in [2.05, 4.69) is 54.2 Å². The van der Waals surface area contributed by atoms with Gasteiger partial charge in [0.05, 0.1) is 6.10 Å². The van der Waals surface area contributed by atoms with Crippen LogP contribution in [0.2, 0.25) is 0 Å². The third-order valence-corrected chi connectivity index (χ3v) is 11.9. The number of hydrogen-bond acceptors (Lipinski definition) is 1. The topological polar surface area (TPSA) is 20.2 Å². The molecular weight excluding hydrogens is 364 g/mol. The van der Waals surface area contributed by atoms with Crippen LogP contribution in [0.4, 0.5) is 0 Å². The summed E-state index contributed by atoms with van der Waals surface area (Å²) in [7, 11) is 0. The molecule has 0 saturated heterocycles. The second-order valence-corrected chi connectivity index (χ2v) is 13.6. The highest BCUT2D eigenvalue weighted by Gasteiger charge is 2.64. The lowest BCUT2D eigenvalue weighted by atomic mass is 9.38. The van der Waals surface area contributed by atoms with Gasteiger partial charge in [0, 0.05) is 5.41 Å². The summed E-state index contributed by atoms with van der Waals surface area (Å²) in [4.78, 5) is 0. The normalized spacial score (nSPS) is 54.3. The zero-order valence-corrected chi connectivity index (χ0v) is 20.6. The molecule has 0 heterocycles. The summed E-state index contributed by atoms with van der Waals surface area (Å²) in [5.74, 6) is 4.19. The van der Waals surface area contributed by atoms with Gasteiger partial charge in [-0.15, -0.1) is 0 Å². The number of allylic oxidation sites excluding steroid dienone is 2. The van der Waals surface area contributed by atoms with Gasteiger partial charge in [-0.05, 0) is 111 Å². The minimum absolute atomic E-state index is 0.0627. The Morgan fingerprint density at radius 2 is 1.67 bits per heavy atom. The minimum Gasteiger partial charge on any atom is -0.392 e. The minimum atomic E-state index is -0.178. The number of aliphatic hydroxyl groups is 1. The Bertz CT molecular complexity index is 775. The van der Waals surface area contributed by atoms with Crippen LogP contribution >= 0.6 is 0 Å². The SMILES string of the molecule is C=C(C)[C@@H]1CC[C@]2(C)CC[C@@H]3[C@H](CC[C@H]4[C@@]3(C)CC=C3C(C)(C)[C@@H](O)CC[C@@]34C)[C@H]12. The smallest absolute Gasteiger partial charge is 0.0628 e. The van der Waals surface area contributed by atoms with Gasteiger partial charge in [0.25, 0.3) is 0 Å². The predicted molar refractivity (Wildman–Crippen MR) is 126 cm³/mol. The average Bonchev–Trinajstić information content (AvgIpc) is 3.03. The van der Waals surface area contributed by atoms with Gasteiger partial charge in [0.1, 0.15) is 0 Å². The third-order valence-electron chi connectivity index (χ3n) is 11.9. The quantitative estimate of drug-likeness (QED) is 0.442. The lowest BCUT2D eigenvalue weighted by Crippen LogP contribution is -2.59. The third kappa shape index (κ3) is 2.57. The van der Waals surface area contributed by atoms with E-state index in [0.29, 0.717) is 10.8 Å². The van der Waals surface area contributed by atoms with Gasteiger partial charge in [-0.3, -0.25) is 0 Å². The van der Waals surface area contributed by atoms with Gasteiger partial charge in [-0.2, -0.15) is 0 Å². The van der Waals surface area contributed by atoms with Crippen molar-refractivity contribution in [2.24, 2.45) is 51.2 Å². The molecule has 168 valence electrons. The van der Waals surface area contributed by atoms with Crippen molar-refractivity contribution < 1.29 is 5.11 Å². The fraction of sp³-hybridized carbons (Fsp3) is 0.862. The van der Waals surface area contributed by atoms with E-state index in [1.54, 1.807) is 5.57 Å². The zero-order valence-electron chi connectivity index (χ0n) is 20.6. The van der Waals surface area contributed by atoms with Crippen LogP contribution in [0.1, 0.15) is 99.3 Å². The molecule has 5 rings (SSSR count). The summed E-state index contributed by atoms with van der Waals surface area (Å²) in [6.07, 6.45) is 14.3. The molecule has 5 aliphatic rings. The van der Waals surface area contributed by atoms with Gasteiger partial charge in [0.15, 0.2) is 0 Å². The van der Waals surface area contributed by atoms with Gasteiger partial charge in [-0.1, -0.05) is 58.4 Å². The zero-order chi connectivity index (χ0) is 21.7. The molecule has 0 amide bonds. The van der Waals surface area contributed by atoms with Crippen LogP contribution < -0.4 is 0 Å². The standard InChI is InChI=1S/C29H46O/c1-18(2)19-10-14-27(5)15-11-21-20(25(19)27)8-9-23-28(21,6)16-12-22-26(3,4)24(30)13-17-29(22,23)7/h12,19-21,23-25,30H,1,8-11,13-17H2,2-7H3/t19-,20-,21+,23-,24-,25-,27+,28-,29-/m0/s1. The maximum Gasteiger partial charge on any atom is 0.0628 e. The maximum absolute atomic E-state index is 10.8. The molecule has 0 aliphatic heterocycles. The highest BCUT2D eigenvalue weighted by molar-refractivity contribution is 5.32. The summed E-state index contributed by atoms with van der Waals surface area (Å²) < 4.78 is 0. The summed E-state index contributed by atoms with van der Waals surface area (Å²) in [6, 6.07) is 0. The molecule has 1 heteroatoms. The first kappa shape index (κ1) is 21.3. The Kier molecular flexibility index (Phi) is 4.61. The van der Waals surface area contributed by atoms with Crippen LogP contribution in [0, 0.1) is 51.2 Å². The molecule has 4 fully saturated rings. The molecule has 0 bridgehead atoms. The number of aliphatic hydroxyl groups excluding tert-OH is 1. The largest absolute Gasteiger partial charge is 0.392 e. The summed E-state index contributed by atoms with van der Waals surface area (Å²) in [5.41, 5.74) is 4.26.